The van der Waals surface area contributed by atoms with Crippen molar-refractivity contribution in [2.75, 3.05) is 18.5 Å². The quantitative estimate of drug-likeness (QED) is 0.813. The summed E-state index contributed by atoms with van der Waals surface area (Å²) in [6.45, 7) is 1.27. The molecule has 0 bridgehead atoms. The molecule has 18 heavy (non-hydrogen) atoms. The molecule has 1 heterocycles. The molecule has 90 valence electrons. The van der Waals surface area contributed by atoms with E-state index in [0.29, 0.717) is 13.2 Å². The zero-order valence-corrected chi connectivity index (χ0v) is 9.59. The van der Waals surface area contributed by atoms with E-state index in [4.69, 9.17) is 20.0 Å². The number of nitrogens with zero attached hydrogens (tertiary/aromatic N) is 2. The monoisotopic (exact) mass is 241 g/mol. The van der Waals surface area contributed by atoms with E-state index >= 15 is 0 Å². The number of hydrogen-bond donors (Lipinski definition) is 1. The van der Waals surface area contributed by atoms with Gasteiger partial charge in [-0.2, -0.15) is 10.5 Å². The van der Waals surface area contributed by atoms with Gasteiger partial charge < -0.3 is 14.8 Å². The third-order valence-electron chi connectivity index (χ3n) is 2.39. The molecule has 0 amide bonds. The molecule has 0 spiro atoms. The van der Waals surface area contributed by atoms with Crippen molar-refractivity contribution in [3.8, 4) is 17.9 Å². The first kappa shape index (κ1) is 12.0. The Hall–Kier alpha value is -2.50. The minimum absolute atomic E-state index is 0.0296. The molecular weight excluding hydrogens is 230 g/mol. The summed E-state index contributed by atoms with van der Waals surface area (Å²) in [6.07, 6.45) is 1.52. The van der Waals surface area contributed by atoms with Crippen LogP contribution in [0.15, 0.2) is 36.0 Å². The highest BCUT2D eigenvalue weighted by molar-refractivity contribution is 5.51. The Morgan fingerprint density at radius 2 is 1.94 bits per heavy atom. The molecule has 1 saturated heterocycles. The predicted molar refractivity (Wildman–Crippen MR) is 64.6 cm³/mol. The van der Waals surface area contributed by atoms with Gasteiger partial charge in [0.25, 0.3) is 0 Å². The van der Waals surface area contributed by atoms with Crippen molar-refractivity contribution in [2.45, 2.75) is 6.10 Å². The molecule has 0 aliphatic carbocycles. The number of benzene rings is 1. The van der Waals surface area contributed by atoms with E-state index in [1.807, 2.05) is 24.3 Å². The van der Waals surface area contributed by atoms with E-state index in [1.165, 1.54) is 6.20 Å². The lowest BCUT2D eigenvalue weighted by Gasteiger charge is -2.26. The van der Waals surface area contributed by atoms with Crippen LogP contribution in [0, 0.1) is 22.7 Å². The molecule has 0 unspecified atom stereocenters. The minimum atomic E-state index is 0.0296. The third kappa shape index (κ3) is 3.00. The van der Waals surface area contributed by atoms with Gasteiger partial charge in [0.15, 0.2) is 0 Å². The van der Waals surface area contributed by atoms with Crippen LogP contribution in [0.5, 0.6) is 5.75 Å². The Bertz CT molecular complexity index is 503. The minimum Gasteiger partial charge on any atom is -0.486 e. The van der Waals surface area contributed by atoms with E-state index in [0.717, 1.165) is 11.4 Å². The average molecular weight is 241 g/mol. The van der Waals surface area contributed by atoms with Crippen LogP contribution >= 0.6 is 0 Å². The highest BCUT2D eigenvalue weighted by atomic mass is 16.6. The number of hydrogen-bond acceptors (Lipinski definition) is 5. The van der Waals surface area contributed by atoms with E-state index in [9.17, 15) is 0 Å². The summed E-state index contributed by atoms with van der Waals surface area (Å²) < 4.78 is 10.6. The van der Waals surface area contributed by atoms with Gasteiger partial charge in [-0.05, 0) is 24.3 Å². The first-order valence-corrected chi connectivity index (χ1v) is 5.43. The second-order valence-electron chi connectivity index (χ2n) is 3.73. The molecule has 1 aliphatic heterocycles. The molecule has 1 fully saturated rings. The Balaban J connectivity index is 1.93. The van der Waals surface area contributed by atoms with Gasteiger partial charge in [-0.1, -0.05) is 0 Å². The van der Waals surface area contributed by atoms with Gasteiger partial charge in [0.1, 0.15) is 29.6 Å². The van der Waals surface area contributed by atoms with Crippen LogP contribution in [0.3, 0.4) is 0 Å². The summed E-state index contributed by atoms with van der Waals surface area (Å²) in [5.41, 5.74) is 0.817. The molecule has 0 saturated carbocycles. The second kappa shape index (κ2) is 5.72. The fraction of sp³-hybridized carbons (Fsp3) is 0.231. The van der Waals surface area contributed by atoms with Crippen molar-refractivity contribution in [3.63, 3.8) is 0 Å². The maximum atomic E-state index is 8.57. The van der Waals surface area contributed by atoms with Crippen molar-refractivity contribution in [1.29, 1.82) is 10.5 Å². The topological polar surface area (TPSA) is 78.1 Å². The van der Waals surface area contributed by atoms with Gasteiger partial charge in [-0.25, -0.2) is 0 Å². The predicted octanol–water partition coefficient (Wildman–Crippen LogP) is 1.81. The lowest BCUT2D eigenvalue weighted by molar-refractivity contribution is -0.0796. The number of ether oxygens (including phenoxy) is 2. The van der Waals surface area contributed by atoms with Crippen molar-refractivity contribution >= 4 is 5.69 Å². The number of nitriles is 2. The Morgan fingerprint density at radius 3 is 2.44 bits per heavy atom. The zero-order valence-electron chi connectivity index (χ0n) is 9.59. The van der Waals surface area contributed by atoms with Crippen molar-refractivity contribution < 1.29 is 9.47 Å². The normalized spacial score (nSPS) is 13.7. The van der Waals surface area contributed by atoms with Gasteiger partial charge >= 0.3 is 0 Å². The fourth-order valence-electron chi connectivity index (χ4n) is 1.35. The van der Waals surface area contributed by atoms with Crippen molar-refractivity contribution in [2.24, 2.45) is 0 Å². The Labute approximate surface area is 105 Å². The Kier molecular flexibility index (Phi) is 3.80. The molecule has 1 aliphatic rings. The average Bonchev–Trinajstić information content (AvgIpc) is 2.37. The highest BCUT2D eigenvalue weighted by Gasteiger charge is 2.19. The van der Waals surface area contributed by atoms with Gasteiger partial charge in [-0.3, -0.25) is 0 Å². The van der Waals surface area contributed by atoms with E-state index in [2.05, 4.69) is 5.32 Å². The van der Waals surface area contributed by atoms with Crippen LogP contribution in [0.4, 0.5) is 5.69 Å². The van der Waals surface area contributed by atoms with Crippen LogP contribution in [0.2, 0.25) is 0 Å². The molecule has 0 aromatic heterocycles. The van der Waals surface area contributed by atoms with Gasteiger partial charge in [-0.15, -0.1) is 0 Å². The van der Waals surface area contributed by atoms with Gasteiger partial charge in [0.05, 0.1) is 13.2 Å². The van der Waals surface area contributed by atoms with Gasteiger partial charge in [0, 0.05) is 11.9 Å². The zero-order chi connectivity index (χ0) is 12.8. The van der Waals surface area contributed by atoms with Crippen LogP contribution in [-0.2, 0) is 4.74 Å². The molecule has 2 rings (SSSR count). The lowest BCUT2D eigenvalue weighted by atomic mass is 10.2. The number of anilines is 1. The third-order valence-corrected chi connectivity index (χ3v) is 2.39. The standard InChI is InChI=1S/C13H11N3O2/c14-5-10(6-15)7-16-11-1-3-12(4-2-11)18-13-8-17-9-13/h1-4,7,13,16H,8-9H2. The molecule has 1 aromatic carbocycles. The smallest absolute Gasteiger partial charge is 0.145 e. The molecule has 5 heteroatoms. The summed E-state index contributed by atoms with van der Waals surface area (Å²) >= 11 is 0. The van der Waals surface area contributed by atoms with E-state index in [-0.39, 0.29) is 11.7 Å². The lowest BCUT2D eigenvalue weighted by Crippen LogP contribution is -2.38. The van der Waals surface area contributed by atoms with Crippen LogP contribution in [-0.4, -0.2) is 19.3 Å². The maximum Gasteiger partial charge on any atom is 0.145 e. The first-order valence-electron chi connectivity index (χ1n) is 5.43. The molecule has 1 aromatic rings. The maximum absolute atomic E-state index is 8.57. The first-order chi connectivity index (χ1) is 8.81. The molecule has 0 atom stereocenters. The number of rotatable bonds is 4. The molecule has 1 N–H and O–H groups in total. The molecule has 0 radical (unpaired) electrons. The summed E-state index contributed by atoms with van der Waals surface area (Å²) in [4.78, 5) is 0. The molecular formula is C13H11N3O2. The summed E-state index contributed by atoms with van der Waals surface area (Å²) in [5.74, 6) is 0.776. The number of allylic oxidation sites excluding steroid dienone is 1. The summed E-state index contributed by atoms with van der Waals surface area (Å²) in [6, 6.07) is 10.8. The van der Waals surface area contributed by atoms with Crippen LogP contribution in [0.25, 0.3) is 0 Å². The number of nitrogens with one attached hydrogen (secondary N) is 1. The largest absolute Gasteiger partial charge is 0.486 e. The summed E-state index contributed by atoms with van der Waals surface area (Å²) in [5, 5.41) is 20.0. The summed E-state index contributed by atoms with van der Waals surface area (Å²) in [7, 11) is 0. The van der Waals surface area contributed by atoms with Crippen LogP contribution in [0.1, 0.15) is 0 Å². The highest BCUT2D eigenvalue weighted by Crippen LogP contribution is 2.19. The second-order valence-corrected chi connectivity index (χ2v) is 3.73. The Morgan fingerprint density at radius 1 is 1.28 bits per heavy atom. The fourth-order valence-corrected chi connectivity index (χ4v) is 1.35. The SMILES string of the molecule is N#CC(C#N)=CNc1ccc(OC2COC2)cc1. The van der Waals surface area contributed by atoms with E-state index in [1.54, 1.807) is 12.1 Å². The van der Waals surface area contributed by atoms with Gasteiger partial charge in [0.2, 0.25) is 0 Å². The molecule has 5 nitrogen and oxygen atoms in total. The van der Waals surface area contributed by atoms with Crippen LogP contribution < -0.4 is 10.1 Å². The van der Waals surface area contributed by atoms with Crippen molar-refractivity contribution in [1.82, 2.24) is 0 Å². The van der Waals surface area contributed by atoms with Crippen molar-refractivity contribution in [3.05, 3.63) is 36.0 Å². The van der Waals surface area contributed by atoms with E-state index < -0.39 is 0 Å².